The molecule has 1 nitrogen and oxygen atoms in total. The largest absolute Gasteiger partial charge is 0.247 e. The van der Waals surface area contributed by atoms with Crippen LogP contribution in [0.5, 0.6) is 0 Å². The first-order valence-electron chi connectivity index (χ1n) is 2.77. The van der Waals surface area contributed by atoms with E-state index in [2.05, 4.69) is 10.9 Å². The number of pyridine rings is 1. The first kappa shape index (κ1) is 7.41. The Balaban J connectivity index is 3.00. The van der Waals surface area contributed by atoms with Gasteiger partial charge in [-0.25, -0.2) is 9.37 Å². The molecule has 10 heavy (non-hydrogen) atoms. The molecule has 0 bridgehead atoms. The topological polar surface area (TPSA) is 12.9 Å². The van der Waals surface area contributed by atoms with Gasteiger partial charge in [0.05, 0.1) is 11.2 Å². The van der Waals surface area contributed by atoms with Crippen molar-refractivity contribution < 1.29 is 4.39 Å². The molecule has 1 aromatic rings. The molecule has 0 saturated carbocycles. The lowest BCUT2D eigenvalue weighted by atomic mass is 10.5. The van der Waals surface area contributed by atoms with E-state index in [0.717, 1.165) is 5.03 Å². The quantitative estimate of drug-likeness (QED) is 0.567. The van der Waals surface area contributed by atoms with Gasteiger partial charge < -0.3 is 0 Å². The van der Waals surface area contributed by atoms with Crippen LogP contribution in [0.4, 0.5) is 4.39 Å². The van der Waals surface area contributed by atoms with E-state index >= 15 is 0 Å². The predicted octanol–water partition coefficient (Wildman–Crippen LogP) is 1.91. The molecule has 1 aromatic heterocycles. The summed E-state index contributed by atoms with van der Waals surface area (Å²) in [5.41, 5.74) is 0. The van der Waals surface area contributed by atoms with Crippen LogP contribution in [0.1, 0.15) is 0 Å². The van der Waals surface area contributed by atoms with Gasteiger partial charge in [-0.05, 0) is 18.4 Å². The van der Waals surface area contributed by atoms with Gasteiger partial charge in [0.15, 0.2) is 0 Å². The van der Waals surface area contributed by atoms with Gasteiger partial charge in [-0.15, -0.1) is 10.5 Å². The summed E-state index contributed by atoms with van der Waals surface area (Å²) in [5.74, 6) is 3.48. The molecule has 0 aliphatic rings. The van der Waals surface area contributed by atoms with Gasteiger partial charge in [-0.1, -0.05) is 5.87 Å². The lowest BCUT2D eigenvalue weighted by Gasteiger charge is -1.96. The number of halogens is 1. The van der Waals surface area contributed by atoms with Crippen LogP contribution in [0.2, 0.25) is 0 Å². The molecule has 0 saturated heterocycles. The maximum atomic E-state index is 12.3. The van der Waals surface area contributed by atoms with E-state index in [1.807, 2.05) is 6.26 Å². The van der Waals surface area contributed by atoms with Crippen molar-refractivity contribution in [3.8, 4) is 0 Å². The second kappa shape index (κ2) is 2.92. The summed E-state index contributed by atoms with van der Waals surface area (Å²) in [6.45, 7) is 0. The summed E-state index contributed by atoms with van der Waals surface area (Å²) < 4.78 is 12.3. The maximum absolute atomic E-state index is 12.3. The van der Waals surface area contributed by atoms with Crippen molar-refractivity contribution in [3.05, 3.63) is 24.1 Å². The minimum absolute atomic E-state index is 0.115. The number of hydrogen-bond donors (Lipinski definition) is 0. The second-order valence-electron chi connectivity index (χ2n) is 1.95. The molecule has 0 N–H and O–H groups in total. The van der Waals surface area contributed by atoms with Crippen LogP contribution < -0.4 is 0 Å². The summed E-state index contributed by atoms with van der Waals surface area (Å²) in [4.78, 5) is 3.85. The minimum atomic E-state index is -0.297. The van der Waals surface area contributed by atoms with Crippen LogP contribution in [0.15, 0.2) is 23.4 Å². The third kappa shape index (κ3) is 1.64. The maximum Gasteiger partial charge on any atom is 0.141 e. The first-order valence-corrected chi connectivity index (χ1v) is 4.57. The Morgan fingerprint density at radius 3 is 2.70 bits per heavy atom. The molecular weight excluding hydrogens is 149 g/mol. The molecule has 3 heteroatoms. The molecule has 0 aliphatic carbocycles. The third-order valence-electron chi connectivity index (χ3n) is 1.06. The van der Waals surface area contributed by atoms with Gasteiger partial charge in [-0.3, -0.25) is 0 Å². The van der Waals surface area contributed by atoms with Crippen LogP contribution in [-0.2, 0) is 0 Å². The lowest BCUT2D eigenvalue weighted by molar-refractivity contribution is 0.618. The molecular formula is C7H8FNS. The van der Waals surface area contributed by atoms with Crippen molar-refractivity contribution in [1.82, 2.24) is 4.98 Å². The predicted molar refractivity (Wildman–Crippen MR) is 43.1 cm³/mol. The normalized spacial score (nSPS) is 13.0. The van der Waals surface area contributed by atoms with Gasteiger partial charge in [0.25, 0.3) is 0 Å². The molecule has 0 spiro atoms. The van der Waals surface area contributed by atoms with Crippen molar-refractivity contribution in [2.45, 2.75) is 5.03 Å². The van der Waals surface area contributed by atoms with Gasteiger partial charge in [-0.2, -0.15) is 0 Å². The SMILES string of the molecule is C=S(C)c1ccc(F)cn1. The van der Waals surface area contributed by atoms with Crippen molar-refractivity contribution in [3.63, 3.8) is 0 Å². The lowest BCUT2D eigenvalue weighted by Crippen LogP contribution is -1.80. The Morgan fingerprint density at radius 1 is 1.60 bits per heavy atom. The Labute approximate surface area is 61.8 Å². The fourth-order valence-corrected chi connectivity index (χ4v) is 1.10. The van der Waals surface area contributed by atoms with Crippen molar-refractivity contribution in [2.24, 2.45) is 0 Å². The molecule has 0 aromatic carbocycles. The first-order chi connectivity index (χ1) is 4.70. The average molecular weight is 157 g/mol. The van der Waals surface area contributed by atoms with Crippen LogP contribution in [0.25, 0.3) is 0 Å². The fourth-order valence-electron chi connectivity index (χ4n) is 0.568. The molecule has 54 valence electrons. The van der Waals surface area contributed by atoms with Crippen LogP contribution >= 0.6 is 10.5 Å². The Bertz CT molecular complexity index is 242. The van der Waals surface area contributed by atoms with Gasteiger partial charge in [0.2, 0.25) is 0 Å². The second-order valence-corrected chi connectivity index (χ2v) is 3.64. The highest BCUT2D eigenvalue weighted by Crippen LogP contribution is 2.16. The zero-order chi connectivity index (χ0) is 7.56. The monoisotopic (exact) mass is 157 g/mol. The van der Waals surface area contributed by atoms with Gasteiger partial charge >= 0.3 is 0 Å². The Kier molecular flexibility index (Phi) is 2.17. The molecule has 1 atom stereocenters. The highest BCUT2D eigenvalue weighted by Gasteiger charge is 1.92. The minimum Gasteiger partial charge on any atom is -0.247 e. The van der Waals surface area contributed by atoms with Crippen molar-refractivity contribution in [2.75, 3.05) is 6.26 Å². The number of rotatable bonds is 1. The smallest absolute Gasteiger partial charge is 0.141 e. The molecule has 0 amide bonds. The number of nitrogens with zero attached hydrogens (tertiary/aromatic N) is 1. The van der Waals surface area contributed by atoms with Gasteiger partial charge in [0.1, 0.15) is 5.82 Å². The van der Waals surface area contributed by atoms with Gasteiger partial charge in [0, 0.05) is 0 Å². The summed E-state index contributed by atoms with van der Waals surface area (Å²) in [5, 5.41) is 0.849. The molecule has 0 radical (unpaired) electrons. The summed E-state index contributed by atoms with van der Waals surface area (Å²) in [7, 11) is -0.115. The molecule has 0 aliphatic heterocycles. The Morgan fingerprint density at radius 2 is 2.30 bits per heavy atom. The van der Waals surface area contributed by atoms with E-state index in [0.29, 0.717) is 0 Å². The van der Waals surface area contributed by atoms with Crippen LogP contribution in [0.3, 0.4) is 0 Å². The van der Waals surface area contributed by atoms with E-state index < -0.39 is 0 Å². The highest BCUT2D eigenvalue weighted by molar-refractivity contribution is 8.13. The summed E-state index contributed by atoms with van der Waals surface area (Å²) in [6, 6.07) is 3.06. The fraction of sp³-hybridized carbons (Fsp3) is 0.143. The van der Waals surface area contributed by atoms with Crippen molar-refractivity contribution >= 4 is 16.4 Å². The summed E-state index contributed by atoms with van der Waals surface area (Å²) in [6.07, 6.45) is 3.16. The zero-order valence-electron chi connectivity index (χ0n) is 5.67. The van der Waals surface area contributed by atoms with E-state index in [4.69, 9.17) is 0 Å². The van der Waals surface area contributed by atoms with E-state index in [9.17, 15) is 4.39 Å². The van der Waals surface area contributed by atoms with E-state index in [-0.39, 0.29) is 16.3 Å². The zero-order valence-corrected chi connectivity index (χ0v) is 6.49. The Hall–Kier alpha value is -0.700. The molecule has 1 rings (SSSR count). The van der Waals surface area contributed by atoms with Crippen LogP contribution in [0, 0.1) is 5.82 Å². The summed E-state index contributed by atoms with van der Waals surface area (Å²) >= 11 is 0. The molecule has 1 unspecified atom stereocenters. The number of hydrogen-bond acceptors (Lipinski definition) is 1. The van der Waals surface area contributed by atoms with E-state index in [1.54, 1.807) is 6.07 Å². The molecule has 1 heterocycles. The van der Waals surface area contributed by atoms with Crippen LogP contribution in [-0.4, -0.2) is 17.1 Å². The third-order valence-corrected chi connectivity index (χ3v) is 2.01. The average Bonchev–Trinajstić information content (AvgIpc) is 1.88. The van der Waals surface area contributed by atoms with Crippen molar-refractivity contribution in [1.29, 1.82) is 0 Å². The number of aromatic nitrogens is 1. The standard InChI is InChI=1S/C7H8FNS/c1-10(2)7-4-3-6(8)5-9-7/h3-5H,1H2,2H3. The highest BCUT2D eigenvalue weighted by atomic mass is 32.2. The van der Waals surface area contributed by atoms with E-state index in [1.165, 1.54) is 12.3 Å². The molecule has 0 fully saturated rings.